The van der Waals surface area contributed by atoms with Crippen molar-refractivity contribution in [2.75, 3.05) is 25.1 Å². The first-order valence-electron chi connectivity index (χ1n) is 6.14. The van der Waals surface area contributed by atoms with Crippen LogP contribution in [0.2, 0.25) is 0 Å². The molecule has 3 nitrogen and oxygen atoms in total. The van der Waals surface area contributed by atoms with Crippen LogP contribution in [-0.4, -0.2) is 41.0 Å². The third-order valence-corrected chi connectivity index (χ3v) is 3.59. The Morgan fingerprint density at radius 1 is 1.47 bits per heavy atom. The van der Waals surface area contributed by atoms with Crippen LogP contribution in [0.5, 0.6) is 0 Å². The van der Waals surface area contributed by atoms with Gasteiger partial charge in [-0.15, -0.1) is 0 Å². The van der Waals surface area contributed by atoms with Gasteiger partial charge in [-0.1, -0.05) is 13.0 Å². The van der Waals surface area contributed by atoms with Crippen LogP contribution < -0.4 is 5.73 Å². The van der Waals surface area contributed by atoms with Crippen molar-refractivity contribution in [3.8, 4) is 0 Å². The van der Waals surface area contributed by atoms with E-state index in [2.05, 4.69) is 29.1 Å². The lowest BCUT2D eigenvalue weighted by molar-refractivity contribution is 0.195. The molecule has 0 bridgehead atoms. The number of pyridine rings is 1. The highest BCUT2D eigenvalue weighted by Gasteiger charge is 2.15. The summed E-state index contributed by atoms with van der Waals surface area (Å²) in [5.74, 6) is 1.17. The minimum atomic E-state index is 0.467. The fourth-order valence-electron chi connectivity index (χ4n) is 1.90. The Bertz CT molecular complexity index is 292. The monoisotopic (exact) mass is 253 g/mol. The largest absolute Gasteiger partial charge is 0.329 e. The molecule has 0 spiro atoms. The Balaban J connectivity index is 2.56. The number of nitrogens with zero attached hydrogens (tertiary/aromatic N) is 2. The Kier molecular flexibility index (Phi) is 7.24. The summed E-state index contributed by atoms with van der Waals surface area (Å²) in [6.45, 7) is 4.83. The van der Waals surface area contributed by atoms with Crippen LogP contribution in [0.15, 0.2) is 24.4 Å². The third kappa shape index (κ3) is 5.06. The van der Waals surface area contributed by atoms with E-state index < -0.39 is 0 Å². The van der Waals surface area contributed by atoms with Crippen molar-refractivity contribution in [2.45, 2.75) is 25.9 Å². The van der Waals surface area contributed by atoms with E-state index in [1.54, 1.807) is 0 Å². The average Bonchev–Trinajstić information content (AvgIpc) is 2.39. The summed E-state index contributed by atoms with van der Waals surface area (Å²) in [5.41, 5.74) is 6.99. The zero-order valence-electron chi connectivity index (χ0n) is 10.8. The van der Waals surface area contributed by atoms with Crippen LogP contribution in [-0.2, 0) is 6.54 Å². The summed E-state index contributed by atoms with van der Waals surface area (Å²) in [4.78, 5) is 6.79. The van der Waals surface area contributed by atoms with Gasteiger partial charge in [0.25, 0.3) is 0 Å². The maximum Gasteiger partial charge on any atom is 0.0544 e. The van der Waals surface area contributed by atoms with Gasteiger partial charge in [-0.3, -0.25) is 9.88 Å². The van der Waals surface area contributed by atoms with Crippen LogP contribution in [0.3, 0.4) is 0 Å². The van der Waals surface area contributed by atoms with E-state index in [0.717, 1.165) is 31.7 Å². The maximum absolute atomic E-state index is 5.87. The highest BCUT2D eigenvalue weighted by atomic mass is 32.2. The molecular formula is C13H23N3S. The summed E-state index contributed by atoms with van der Waals surface area (Å²) in [6, 6.07) is 6.53. The van der Waals surface area contributed by atoms with E-state index in [4.69, 9.17) is 5.73 Å². The molecule has 1 heterocycles. The molecule has 2 N–H and O–H groups in total. The summed E-state index contributed by atoms with van der Waals surface area (Å²) in [7, 11) is 0. The average molecular weight is 253 g/mol. The minimum absolute atomic E-state index is 0.467. The molecule has 0 aromatic carbocycles. The van der Waals surface area contributed by atoms with Crippen LogP contribution >= 0.6 is 11.8 Å². The second kappa shape index (κ2) is 8.50. The molecule has 0 aliphatic carbocycles. The highest BCUT2D eigenvalue weighted by Crippen LogP contribution is 2.10. The number of hydrogen-bond donors (Lipinski definition) is 1. The summed E-state index contributed by atoms with van der Waals surface area (Å²) in [5, 5.41) is 0. The van der Waals surface area contributed by atoms with Crippen LogP contribution in [0, 0.1) is 0 Å². The highest BCUT2D eigenvalue weighted by molar-refractivity contribution is 7.98. The zero-order valence-corrected chi connectivity index (χ0v) is 11.6. The van der Waals surface area contributed by atoms with Crippen molar-refractivity contribution in [1.82, 2.24) is 9.88 Å². The fraction of sp³-hybridized carbons (Fsp3) is 0.615. The summed E-state index contributed by atoms with van der Waals surface area (Å²) in [6.07, 6.45) is 5.14. The minimum Gasteiger partial charge on any atom is -0.329 e. The lowest BCUT2D eigenvalue weighted by atomic mass is 10.1. The van der Waals surface area contributed by atoms with Gasteiger partial charge in [0.15, 0.2) is 0 Å². The molecule has 1 unspecified atom stereocenters. The predicted molar refractivity (Wildman–Crippen MR) is 76.2 cm³/mol. The molecule has 1 aromatic rings. The van der Waals surface area contributed by atoms with E-state index in [1.807, 2.05) is 30.1 Å². The number of likely N-dealkylation sites (N-methyl/N-ethyl adjacent to an activating group) is 1. The van der Waals surface area contributed by atoms with Gasteiger partial charge in [0.05, 0.1) is 5.69 Å². The van der Waals surface area contributed by atoms with Crippen LogP contribution in [0.4, 0.5) is 0 Å². The second-order valence-corrected chi connectivity index (χ2v) is 5.04. The second-order valence-electron chi connectivity index (χ2n) is 4.06. The molecule has 1 rings (SSSR count). The van der Waals surface area contributed by atoms with Gasteiger partial charge in [-0.05, 0) is 37.1 Å². The lowest BCUT2D eigenvalue weighted by Crippen LogP contribution is -2.40. The summed E-state index contributed by atoms with van der Waals surface area (Å²) < 4.78 is 0. The van der Waals surface area contributed by atoms with Gasteiger partial charge in [0.2, 0.25) is 0 Å². The van der Waals surface area contributed by atoms with Crippen molar-refractivity contribution in [1.29, 1.82) is 0 Å². The molecular weight excluding hydrogens is 230 g/mol. The molecule has 1 aromatic heterocycles. The molecule has 0 amide bonds. The third-order valence-electron chi connectivity index (χ3n) is 2.94. The lowest BCUT2D eigenvalue weighted by Gasteiger charge is -2.29. The van der Waals surface area contributed by atoms with Gasteiger partial charge in [0.1, 0.15) is 0 Å². The zero-order chi connectivity index (χ0) is 12.5. The summed E-state index contributed by atoms with van der Waals surface area (Å²) >= 11 is 1.88. The van der Waals surface area contributed by atoms with Crippen molar-refractivity contribution in [3.05, 3.63) is 30.1 Å². The molecule has 0 fully saturated rings. The topological polar surface area (TPSA) is 42.2 Å². The Morgan fingerprint density at radius 2 is 2.29 bits per heavy atom. The molecule has 17 heavy (non-hydrogen) atoms. The molecule has 0 saturated carbocycles. The van der Waals surface area contributed by atoms with Gasteiger partial charge < -0.3 is 5.73 Å². The van der Waals surface area contributed by atoms with E-state index in [9.17, 15) is 0 Å². The molecule has 0 aliphatic heterocycles. The van der Waals surface area contributed by atoms with E-state index in [0.29, 0.717) is 6.04 Å². The maximum atomic E-state index is 5.87. The predicted octanol–water partition coefficient (Wildman–Crippen LogP) is 1.98. The smallest absolute Gasteiger partial charge is 0.0544 e. The molecule has 4 heteroatoms. The molecule has 0 aliphatic rings. The first-order chi connectivity index (χ1) is 8.31. The number of rotatable bonds is 8. The van der Waals surface area contributed by atoms with E-state index in [-0.39, 0.29) is 0 Å². The SMILES string of the molecule is CCN(Cc1ccccn1)C(CN)CCSC. The number of aromatic nitrogens is 1. The standard InChI is InChI=1S/C13H23N3S/c1-3-16(13(10-14)7-9-17-2)11-12-6-4-5-8-15-12/h4-6,8,13H,3,7,9-11,14H2,1-2H3. The molecule has 96 valence electrons. The normalized spacial score (nSPS) is 12.9. The van der Waals surface area contributed by atoms with Crippen LogP contribution in [0.1, 0.15) is 19.0 Å². The molecule has 1 atom stereocenters. The number of nitrogens with two attached hydrogens (primary N) is 1. The first kappa shape index (κ1) is 14.5. The Morgan fingerprint density at radius 3 is 2.82 bits per heavy atom. The van der Waals surface area contributed by atoms with E-state index >= 15 is 0 Å². The van der Waals surface area contributed by atoms with E-state index in [1.165, 1.54) is 5.75 Å². The number of hydrogen-bond acceptors (Lipinski definition) is 4. The van der Waals surface area contributed by atoms with Gasteiger partial charge >= 0.3 is 0 Å². The van der Waals surface area contributed by atoms with Gasteiger partial charge in [-0.25, -0.2) is 0 Å². The number of thioether (sulfide) groups is 1. The first-order valence-corrected chi connectivity index (χ1v) is 7.54. The Labute approximate surface area is 109 Å². The quantitative estimate of drug-likeness (QED) is 0.769. The van der Waals surface area contributed by atoms with Crippen molar-refractivity contribution >= 4 is 11.8 Å². The molecule has 0 radical (unpaired) electrons. The Hall–Kier alpha value is -0.580. The van der Waals surface area contributed by atoms with Crippen molar-refractivity contribution < 1.29 is 0 Å². The van der Waals surface area contributed by atoms with Crippen LogP contribution in [0.25, 0.3) is 0 Å². The van der Waals surface area contributed by atoms with Gasteiger partial charge in [0, 0.05) is 25.3 Å². The van der Waals surface area contributed by atoms with Gasteiger partial charge in [-0.2, -0.15) is 11.8 Å². The fourth-order valence-corrected chi connectivity index (χ4v) is 2.41. The van der Waals surface area contributed by atoms with Crippen molar-refractivity contribution in [3.63, 3.8) is 0 Å². The molecule has 0 saturated heterocycles. The van der Waals surface area contributed by atoms with Crippen molar-refractivity contribution in [2.24, 2.45) is 5.73 Å².